The first-order chi connectivity index (χ1) is 15.2. The summed E-state index contributed by atoms with van der Waals surface area (Å²) in [5.74, 6) is 0.464. The fraction of sp³-hybridized carbons (Fsp3) is 0.238. The van der Waals surface area contributed by atoms with Crippen molar-refractivity contribution in [1.29, 1.82) is 0 Å². The molecule has 0 radical (unpaired) electrons. The standard InChI is InChI=1S/C21H21FN6O2S/c22-15-6-8-17(9-7-15)23-18(29)14-31-21-26-19(24-16-4-2-1-3-5-16)25-20(27-21)28-10-12-30-13-11-28/h1-9H,10-14H2,(H,23,29)(H,24,25,26,27). The zero-order valence-corrected chi connectivity index (χ0v) is 17.4. The van der Waals surface area contributed by atoms with E-state index in [0.29, 0.717) is 49.0 Å². The summed E-state index contributed by atoms with van der Waals surface area (Å²) >= 11 is 1.21. The molecule has 1 amide bonds. The van der Waals surface area contributed by atoms with Crippen molar-refractivity contribution >= 4 is 40.9 Å². The molecule has 1 aliphatic heterocycles. The van der Waals surface area contributed by atoms with E-state index in [2.05, 4.69) is 25.6 Å². The van der Waals surface area contributed by atoms with E-state index >= 15 is 0 Å². The molecule has 160 valence electrons. The lowest BCUT2D eigenvalue weighted by atomic mass is 10.3. The molecule has 1 saturated heterocycles. The number of rotatable bonds is 7. The number of amides is 1. The van der Waals surface area contributed by atoms with Crippen molar-refractivity contribution in [1.82, 2.24) is 15.0 Å². The number of carbonyl (C=O) groups is 1. The molecule has 0 saturated carbocycles. The first kappa shape index (κ1) is 21.0. The van der Waals surface area contributed by atoms with Crippen LogP contribution in [0, 0.1) is 5.82 Å². The highest BCUT2D eigenvalue weighted by Gasteiger charge is 2.17. The average molecular weight is 441 g/mol. The first-order valence-electron chi connectivity index (χ1n) is 9.75. The Labute approximate surface area is 183 Å². The van der Waals surface area contributed by atoms with Gasteiger partial charge in [0.2, 0.25) is 17.8 Å². The SMILES string of the molecule is O=C(CSc1nc(Nc2ccccc2)nc(N2CCOCC2)n1)Nc1ccc(F)cc1. The molecule has 0 atom stereocenters. The lowest BCUT2D eigenvalue weighted by molar-refractivity contribution is -0.113. The van der Waals surface area contributed by atoms with Crippen LogP contribution in [0.2, 0.25) is 0 Å². The van der Waals surface area contributed by atoms with E-state index in [1.165, 1.54) is 36.0 Å². The number of aromatic nitrogens is 3. The Morgan fingerprint density at radius 1 is 1.00 bits per heavy atom. The van der Waals surface area contributed by atoms with Gasteiger partial charge >= 0.3 is 0 Å². The molecule has 0 aliphatic carbocycles. The maximum Gasteiger partial charge on any atom is 0.234 e. The van der Waals surface area contributed by atoms with E-state index in [4.69, 9.17) is 4.74 Å². The number of para-hydroxylation sites is 1. The summed E-state index contributed by atoms with van der Waals surface area (Å²) in [6.45, 7) is 2.58. The second kappa shape index (κ2) is 10.2. The largest absolute Gasteiger partial charge is 0.378 e. The molecule has 3 aromatic rings. The van der Waals surface area contributed by atoms with E-state index in [1.54, 1.807) is 0 Å². The Bertz CT molecular complexity index is 1020. The number of nitrogens with one attached hydrogen (secondary N) is 2. The molecule has 4 rings (SSSR count). The van der Waals surface area contributed by atoms with Gasteiger partial charge in [0.05, 0.1) is 19.0 Å². The van der Waals surface area contributed by atoms with Gasteiger partial charge in [0.15, 0.2) is 5.16 Å². The minimum atomic E-state index is -0.355. The van der Waals surface area contributed by atoms with Crippen molar-refractivity contribution in [2.75, 3.05) is 47.6 Å². The number of thioether (sulfide) groups is 1. The summed E-state index contributed by atoms with van der Waals surface area (Å²) < 4.78 is 18.4. The van der Waals surface area contributed by atoms with Crippen molar-refractivity contribution in [2.45, 2.75) is 5.16 Å². The normalized spacial score (nSPS) is 13.6. The minimum Gasteiger partial charge on any atom is -0.378 e. The third-order valence-corrected chi connectivity index (χ3v) is 5.23. The number of anilines is 4. The average Bonchev–Trinajstić information content (AvgIpc) is 2.80. The van der Waals surface area contributed by atoms with Gasteiger partial charge < -0.3 is 20.3 Å². The van der Waals surface area contributed by atoms with Crippen LogP contribution in [0.5, 0.6) is 0 Å². The maximum absolute atomic E-state index is 13.0. The van der Waals surface area contributed by atoms with Crippen LogP contribution in [0.25, 0.3) is 0 Å². The van der Waals surface area contributed by atoms with E-state index in [9.17, 15) is 9.18 Å². The van der Waals surface area contributed by atoms with Crippen molar-refractivity contribution in [3.05, 3.63) is 60.4 Å². The van der Waals surface area contributed by atoms with Gasteiger partial charge in [0.25, 0.3) is 0 Å². The molecule has 2 aromatic carbocycles. The van der Waals surface area contributed by atoms with Gasteiger partial charge in [-0.1, -0.05) is 30.0 Å². The molecule has 1 aliphatic rings. The zero-order chi connectivity index (χ0) is 21.5. The summed E-state index contributed by atoms with van der Waals surface area (Å²) in [6.07, 6.45) is 0. The van der Waals surface area contributed by atoms with Crippen molar-refractivity contribution < 1.29 is 13.9 Å². The van der Waals surface area contributed by atoms with Gasteiger partial charge in [0, 0.05) is 24.5 Å². The number of hydrogen-bond acceptors (Lipinski definition) is 8. The molecule has 1 fully saturated rings. The van der Waals surface area contributed by atoms with Gasteiger partial charge in [-0.2, -0.15) is 15.0 Å². The smallest absolute Gasteiger partial charge is 0.234 e. The summed E-state index contributed by atoms with van der Waals surface area (Å²) in [7, 11) is 0. The monoisotopic (exact) mass is 440 g/mol. The van der Waals surface area contributed by atoms with Gasteiger partial charge in [-0.25, -0.2) is 4.39 Å². The Hall–Kier alpha value is -3.24. The van der Waals surface area contributed by atoms with Gasteiger partial charge in [0.1, 0.15) is 5.82 Å². The Kier molecular flexibility index (Phi) is 6.90. The second-order valence-electron chi connectivity index (χ2n) is 6.68. The van der Waals surface area contributed by atoms with Crippen LogP contribution >= 0.6 is 11.8 Å². The summed E-state index contributed by atoms with van der Waals surface area (Å²) in [4.78, 5) is 27.9. The highest BCUT2D eigenvalue weighted by molar-refractivity contribution is 7.99. The Morgan fingerprint density at radius 2 is 1.74 bits per heavy atom. The van der Waals surface area contributed by atoms with Gasteiger partial charge in [-0.3, -0.25) is 4.79 Å². The van der Waals surface area contributed by atoms with Crippen LogP contribution in [0.1, 0.15) is 0 Å². The molecule has 0 unspecified atom stereocenters. The van der Waals surface area contributed by atoms with Gasteiger partial charge in [-0.05, 0) is 36.4 Å². The zero-order valence-electron chi connectivity index (χ0n) is 16.6. The molecule has 2 heterocycles. The van der Waals surface area contributed by atoms with Crippen molar-refractivity contribution in [3.8, 4) is 0 Å². The highest BCUT2D eigenvalue weighted by atomic mass is 32.2. The van der Waals surface area contributed by atoms with Crippen LogP contribution in [0.3, 0.4) is 0 Å². The molecular weight excluding hydrogens is 419 g/mol. The molecular formula is C21H21FN6O2S. The lowest BCUT2D eigenvalue weighted by Gasteiger charge is -2.27. The van der Waals surface area contributed by atoms with E-state index in [-0.39, 0.29) is 17.5 Å². The second-order valence-corrected chi connectivity index (χ2v) is 7.62. The minimum absolute atomic E-state index is 0.106. The van der Waals surface area contributed by atoms with E-state index in [0.717, 1.165) is 5.69 Å². The third kappa shape index (κ3) is 6.12. The maximum atomic E-state index is 13.0. The molecule has 0 bridgehead atoms. The number of ether oxygens (including phenoxy) is 1. The number of nitrogens with zero attached hydrogens (tertiary/aromatic N) is 4. The first-order valence-corrected chi connectivity index (χ1v) is 10.7. The Balaban J connectivity index is 1.47. The molecule has 1 aromatic heterocycles. The number of carbonyl (C=O) groups excluding carboxylic acids is 1. The highest BCUT2D eigenvalue weighted by Crippen LogP contribution is 2.22. The quantitative estimate of drug-likeness (QED) is 0.541. The molecule has 2 N–H and O–H groups in total. The predicted octanol–water partition coefficient (Wildman–Crippen LogP) is 3.32. The van der Waals surface area contributed by atoms with Crippen molar-refractivity contribution in [3.63, 3.8) is 0 Å². The van der Waals surface area contributed by atoms with Gasteiger partial charge in [-0.15, -0.1) is 0 Å². The van der Waals surface area contributed by atoms with Crippen LogP contribution in [-0.2, 0) is 9.53 Å². The topological polar surface area (TPSA) is 92.3 Å². The number of halogens is 1. The molecule has 10 heteroatoms. The number of morpholine rings is 1. The number of hydrogen-bond donors (Lipinski definition) is 2. The Morgan fingerprint density at radius 3 is 2.48 bits per heavy atom. The third-order valence-electron chi connectivity index (χ3n) is 4.39. The molecule has 31 heavy (non-hydrogen) atoms. The fourth-order valence-electron chi connectivity index (χ4n) is 2.88. The molecule has 8 nitrogen and oxygen atoms in total. The number of benzene rings is 2. The van der Waals surface area contributed by atoms with E-state index < -0.39 is 0 Å². The lowest BCUT2D eigenvalue weighted by Crippen LogP contribution is -2.37. The van der Waals surface area contributed by atoms with Crippen molar-refractivity contribution in [2.24, 2.45) is 0 Å². The van der Waals surface area contributed by atoms with Crippen LogP contribution in [0.4, 0.5) is 27.7 Å². The predicted molar refractivity (Wildman–Crippen MR) is 118 cm³/mol. The fourth-order valence-corrected chi connectivity index (χ4v) is 3.51. The van der Waals surface area contributed by atoms with Crippen LogP contribution in [0.15, 0.2) is 59.8 Å². The van der Waals surface area contributed by atoms with Crippen LogP contribution in [-0.4, -0.2) is 52.9 Å². The van der Waals surface area contributed by atoms with Crippen LogP contribution < -0.4 is 15.5 Å². The summed E-state index contributed by atoms with van der Waals surface area (Å²) in [5, 5.41) is 6.35. The van der Waals surface area contributed by atoms with E-state index in [1.807, 2.05) is 35.2 Å². The molecule has 0 spiro atoms. The summed E-state index contributed by atoms with van der Waals surface area (Å²) in [5.41, 5.74) is 1.38. The summed E-state index contributed by atoms with van der Waals surface area (Å²) in [6, 6.07) is 15.2.